The Morgan fingerprint density at radius 1 is 0.633 bits per heavy atom. The summed E-state index contributed by atoms with van der Waals surface area (Å²) >= 11 is -2.36. The van der Waals surface area contributed by atoms with Crippen LogP contribution in [0.4, 0.5) is 0 Å². The molecule has 0 aliphatic rings. The monoisotopic (exact) mass is 412 g/mol. The molecule has 2 aromatic heterocycles. The van der Waals surface area contributed by atoms with Crippen molar-refractivity contribution in [2.75, 3.05) is 0 Å². The fraction of sp³-hybridized carbons (Fsp3) is 0. The topological polar surface area (TPSA) is 91.9 Å². The molecule has 2 heterocycles. The number of fused-ring (bicyclic) bond motifs is 3. The fourth-order valence-corrected chi connectivity index (χ4v) is 3.57. The molecule has 0 saturated carbocycles. The summed E-state index contributed by atoms with van der Waals surface area (Å²) in [5.74, 6) is 0. The van der Waals surface area contributed by atoms with Gasteiger partial charge < -0.3 is 4.55 Å². The Morgan fingerprint density at radius 2 is 1.00 bits per heavy atom. The molecule has 5 rings (SSSR count). The van der Waals surface area contributed by atoms with Crippen molar-refractivity contribution in [2.24, 2.45) is 5.14 Å². The second kappa shape index (κ2) is 8.92. The molecule has 0 aliphatic heterocycles. The Balaban J connectivity index is 0.000000503. The van der Waals surface area contributed by atoms with Crippen LogP contribution in [-0.4, -0.2) is 18.7 Å². The first-order valence-corrected chi connectivity index (χ1v) is 10.4. The second-order valence-corrected chi connectivity index (χ2v) is 7.09. The highest BCUT2D eigenvalue weighted by atomic mass is 32.2. The second-order valence-electron chi connectivity index (χ2n) is 6.57. The van der Waals surface area contributed by atoms with Gasteiger partial charge in [0.25, 0.3) is 0 Å². The van der Waals surface area contributed by atoms with E-state index in [0.29, 0.717) is 0 Å². The summed E-state index contributed by atoms with van der Waals surface area (Å²) in [5.41, 5.74) is 6.65. The Labute approximate surface area is 176 Å². The lowest BCUT2D eigenvalue weighted by Crippen LogP contribution is -1.97. The Hall–Kier alpha value is -3.45. The third kappa shape index (κ3) is 4.11. The van der Waals surface area contributed by atoms with Crippen LogP contribution in [0.3, 0.4) is 0 Å². The quantitative estimate of drug-likeness (QED) is 0.331. The molecule has 0 fully saturated rings. The molecule has 0 saturated heterocycles. The zero-order valence-electron chi connectivity index (χ0n) is 15.9. The SMILES string of the molecule is NS(=O)[O-].c1ccc(-c2ccnc3c2ccc2c(-c4ccccc4)ccnc23)cc1. The van der Waals surface area contributed by atoms with Crippen LogP contribution >= 0.6 is 0 Å². The van der Waals surface area contributed by atoms with Crippen molar-refractivity contribution in [1.82, 2.24) is 9.97 Å². The molecule has 0 spiro atoms. The number of rotatable bonds is 2. The summed E-state index contributed by atoms with van der Waals surface area (Å²) in [5, 5.41) is 6.29. The molecule has 5 nitrogen and oxygen atoms in total. The van der Waals surface area contributed by atoms with E-state index in [4.69, 9.17) is 8.76 Å². The van der Waals surface area contributed by atoms with Crippen LogP contribution in [0.25, 0.3) is 44.1 Å². The van der Waals surface area contributed by atoms with E-state index in [2.05, 4.69) is 87.9 Å². The Kier molecular flexibility index (Phi) is 5.90. The van der Waals surface area contributed by atoms with E-state index in [-0.39, 0.29) is 0 Å². The van der Waals surface area contributed by atoms with Crippen LogP contribution < -0.4 is 5.14 Å². The third-order valence-electron chi connectivity index (χ3n) is 4.79. The summed E-state index contributed by atoms with van der Waals surface area (Å²) in [6.07, 6.45) is 3.75. The molecule has 0 amide bonds. The van der Waals surface area contributed by atoms with Crippen molar-refractivity contribution in [3.8, 4) is 22.3 Å². The Bertz CT molecular complexity index is 1220. The van der Waals surface area contributed by atoms with Gasteiger partial charge in [-0.2, -0.15) is 0 Å². The van der Waals surface area contributed by atoms with E-state index in [0.717, 1.165) is 21.8 Å². The number of benzene rings is 3. The minimum atomic E-state index is -2.36. The van der Waals surface area contributed by atoms with Gasteiger partial charge in [-0.25, -0.2) is 0 Å². The molecule has 3 aromatic carbocycles. The predicted molar refractivity (Wildman–Crippen MR) is 121 cm³/mol. The molecular weight excluding hydrogens is 394 g/mol. The number of aromatic nitrogens is 2. The van der Waals surface area contributed by atoms with Gasteiger partial charge >= 0.3 is 0 Å². The van der Waals surface area contributed by atoms with Crippen molar-refractivity contribution in [3.05, 3.63) is 97.3 Å². The van der Waals surface area contributed by atoms with E-state index < -0.39 is 11.3 Å². The number of nitrogens with zero attached hydrogens (tertiary/aromatic N) is 2. The molecule has 148 valence electrons. The highest BCUT2D eigenvalue weighted by Gasteiger charge is 2.11. The molecule has 1 unspecified atom stereocenters. The summed E-state index contributed by atoms with van der Waals surface area (Å²) in [4.78, 5) is 9.34. The minimum absolute atomic E-state index is 0.946. The maximum absolute atomic E-state index is 8.78. The van der Waals surface area contributed by atoms with Crippen LogP contribution in [0.1, 0.15) is 0 Å². The van der Waals surface area contributed by atoms with Gasteiger partial charge in [-0.3, -0.25) is 19.3 Å². The number of hydrogen-bond donors (Lipinski definition) is 1. The first kappa shape index (κ1) is 19.8. The lowest BCUT2D eigenvalue weighted by Gasteiger charge is -2.11. The van der Waals surface area contributed by atoms with Gasteiger partial charge in [0.1, 0.15) is 0 Å². The van der Waals surface area contributed by atoms with E-state index in [1.54, 1.807) is 0 Å². The van der Waals surface area contributed by atoms with E-state index in [9.17, 15) is 0 Å². The maximum Gasteiger partial charge on any atom is 0.0970 e. The van der Waals surface area contributed by atoms with E-state index >= 15 is 0 Å². The van der Waals surface area contributed by atoms with Crippen LogP contribution in [0.15, 0.2) is 97.3 Å². The zero-order chi connectivity index (χ0) is 20.9. The first-order valence-electron chi connectivity index (χ1n) is 9.26. The Morgan fingerprint density at radius 3 is 1.37 bits per heavy atom. The van der Waals surface area contributed by atoms with Gasteiger partial charge in [0.05, 0.1) is 11.0 Å². The van der Waals surface area contributed by atoms with E-state index in [1.165, 1.54) is 22.3 Å². The predicted octanol–water partition coefficient (Wildman–Crippen LogP) is 4.86. The molecule has 30 heavy (non-hydrogen) atoms. The minimum Gasteiger partial charge on any atom is -0.760 e. The van der Waals surface area contributed by atoms with Gasteiger partial charge in [0.2, 0.25) is 0 Å². The summed E-state index contributed by atoms with van der Waals surface area (Å²) in [6, 6.07) is 29.3. The standard InChI is InChI=1S/C24H16N2.H3NO2S/c1-3-7-17(8-4-1)19-13-15-25-23-21(19)11-12-22-20(14-16-26-24(22)23)18-9-5-2-6-10-18;1-4(2)3/h1-16H;1H2,(H,2,3)/p-1. The number of nitrogens with two attached hydrogens (primary N) is 1. The van der Waals surface area contributed by atoms with Crippen molar-refractivity contribution in [2.45, 2.75) is 0 Å². The van der Waals surface area contributed by atoms with Gasteiger partial charge in [-0.05, 0) is 34.4 Å². The summed E-state index contributed by atoms with van der Waals surface area (Å²) in [6.45, 7) is 0. The molecule has 1 atom stereocenters. The molecule has 0 radical (unpaired) electrons. The van der Waals surface area contributed by atoms with Gasteiger partial charge in [-0.1, -0.05) is 72.8 Å². The van der Waals surface area contributed by atoms with Crippen LogP contribution in [0.5, 0.6) is 0 Å². The van der Waals surface area contributed by atoms with Crippen LogP contribution in [0, 0.1) is 0 Å². The smallest absolute Gasteiger partial charge is 0.0970 e. The zero-order valence-corrected chi connectivity index (χ0v) is 16.8. The van der Waals surface area contributed by atoms with Crippen LogP contribution in [-0.2, 0) is 11.3 Å². The summed E-state index contributed by atoms with van der Waals surface area (Å²) in [7, 11) is 0. The van der Waals surface area contributed by atoms with Gasteiger partial charge in [0, 0.05) is 34.4 Å². The first-order chi connectivity index (χ1) is 14.6. The average Bonchev–Trinajstić information content (AvgIpc) is 2.79. The largest absolute Gasteiger partial charge is 0.760 e. The van der Waals surface area contributed by atoms with Crippen molar-refractivity contribution in [3.63, 3.8) is 0 Å². The average molecular weight is 412 g/mol. The lowest BCUT2D eigenvalue weighted by atomic mass is 9.97. The maximum atomic E-state index is 8.78. The highest BCUT2D eigenvalue weighted by molar-refractivity contribution is 7.76. The molecule has 5 aromatic rings. The molecule has 2 N–H and O–H groups in total. The summed E-state index contributed by atoms with van der Waals surface area (Å²) < 4.78 is 17.6. The third-order valence-corrected chi connectivity index (χ3v) is 4.79. The molecule has 6 heteroatoms. The van der Waals surface area contributed by atoms with Crippen molar-refractivity contribution in [1.29, 1.82) is 0 Å². The normalized spacial score (nSPS) is 11.7. The molecular formula is C24H18N3O2S-. The molecule has 0 bridgehead atoms. The lowest BCUT2D eigenvalue weighted by molar-refractivity contribution is 0.539. The van der Waals surface area contributed by atoms with Crippen LogP contribution in [0.2, 0.25) is 0 Å². The van der Waals surface area contributed by atoms with Gasteiger partial charge in [-0.15, -0.1) is 0 Å². The fourth-order valence-electron chi connectivity index (χ4n) is 3.57. The highest BCUT2D eigenvalue weighted by Crippen LogP contribution is 2.34. The van der Waals surface area contributed by atoms with Crippen molar-refractivity contribution < 1.29 is 8.76 Å². The number of pyridine rings is 2. The van der Waals surface area contributed by atoms with Crippen molar-refractivity contribution >= 4 is 33.1 Å². The van der Waals surface area contributed by atoms with E-state index in [1.807, 2.05) is 24.5 Å². The molecule has 0 aliphatic carbocycles. The van der Waals surface area contributed by atoms with Gasteiger partial charge in [0.15, 0.2) is 0 Å². The number of hydrogen-bond acceptors (Lipinski definition) is 4.